The van der Waals surface area contributed by atoms with E-state index in [0.29, 0.717) is 11.7 Å². The van der Waals surface area contributed by atoms with E-state index in [0.717, 1.165) is 26.1 Å². The van der Waals surface area contributed by atoms with Crippen LogP contribution in [-0.4, -0.2) is 53.4 Å². The van der Waals surface area contributed by atoms with E-state index in [-0.39, 0.29) is 5.91 Å². The molecule has 1 atom stereocenters. The highest BCUT2D eigenvalue weighted by atomic mass is 32.1. The Labute approximate surface area is 99.9 Å². The Kier molecular flexibility index (Phi) is 3.56. The smallest absolute Gasteiger partial charge is 0.273 e. The minimum absolute atomic E-state index is 0.0767. The SMILES string of the molecule is CCC1CN(C(=O)c2cscn2)CCN1C. The quantitative estimate of drug-likeness (QED) is 0.781. The van der Waals surface area contributed by atoms with Gasteiger partial charge < -0.3 is 4.90 Å². The van der Waals surface area contributed by atoms with Crippen LogP contribution in [0, 0.1) is 0 Å². The fourth-order valence-electron chi connectivity index (χ4n) is 2.05. The van der Waals surface area contributed by atoms with Crippen molar-refractivity contribution >= 4 is 17.2 Å². The second kappa shape index (κ2) is 4.93. The van der Waals surface area contributed by atoms with Gasteiger partial charge in [-0.2, -0.15) is 0 Å². The monoisotopic (exact) mass is 239 g/mol. The summed E-state index contributed by atoms with van der Waals surface area (Å²) in [6.45, 7) is 4.75. The van der Waals surface area contributed by atoms with E-state index < -0.39 is 0 Å². The lowest BCUT2D eigenvalue weighted by Gasteiger charge is -2.38. The average Bonchev–Trinajstić information content (AvgIpc) is 2.82. The minimum atomic E-state index is 0.0767. The summed E-state index contributed by atoms with van der Waals surface area (Å²) in [5, 5.41) is 1.82. The molecule has 0 radical (unpaired) electrons. The maximum atomic E-state index is 12.1. The van der Waals surface area contributed by atoms with Crippen LogP contribution in [0.5, 0.6) is 0 Å². The molecule has 4 nitrogen and oxygen atoms in total. The third-order valence-electron chi connectivity index (χ3n) is 3.19. The molecule has 88 valence electrons. The lowest BCUT2D eigenvalue weighted by molar-refractivity contribution is 0.0537. The van der Waals surface area contributed by atoms with E-state index in [1.54, 1.807) is 5.51 Å². The summed E-state index contributed by atoms with van der Waals surface area (Å²) in [5.41, 5.74) is 2.30. The number of hydrogen-bond donors (Lipinski definition) is 0. The number of hydrogen-bond acceptors (Lipinski definition) is 4. The number of nitrogens with zero attached hydrogens (tertiary/aromatic N) is 3. The van der Waals surface area contributed by atoms with Gasteiger partial charge in [-0.1, -0.05) is 6.92 Å². The zero-order valence-corrected chi connectivity index (χ0v) is 10.5. The first kappa shape index (κ1) is 11.5. The van der Waals surface area contributed by atoms with Crippen molar-refractivity contribution in [3.05, 3.63) is 16.6 Å². The summed E-state index contributed by atoms with van der Waals surface area (Å²) in [4.78, 5) is 20.4. The fraction of sp³-hybridized carbons (Fsp3) is 0.636. The van der Waals surface area contributed by atoms with Crippen LogP contribution in [0.3, 0.4) is 0 Å². The maximum Gasteiger partial charge on any atom is 0.273 e. The van der Waals surface area contributed by atoms with Crippen molar-refractivity contribution in [1.82, 2.24) is 14.8 Å². The molecule has 1 saturated heterocycles. The van der Waals surface area contributed by atoms with Crippen molar-refractivity contribution in [1.29, 1.82) is 0 Å². The number of carbonyl (C=O) groups excluding carboxylic acids is 1. The highest BCUT2D eigenvalue weighted by Gasteiger charge is 2.27. The number of thiazole rings is 1. The molecule has 1 aromatic heterocycles. The van der Waals surface area contributed by atoms with Crippen LogP contribution in [0.2, 0.25) is 0 Å². The van der Waals surface area contributed by atoms with E-state index in [4.69, 9.17) is 0 Å². The number of amides is 1. The zero-order chi connectivity index (χ0) is 11.5. The molecule has 0 aromatic carbocycles. The van der Waals surface area contributed by atoms with Crippen molar-refractivity contribution in [2.24, 2.45) is 0 Å². The summed E-state index contributed by atoms with van der Waals surface area (Å²) < 4.78 is 0. The van der Waals surface area contributed by atoms with Gasteiger partial charge in [-0.25, -0.2) is 4.98 Å². The van der Waals surface area contributed by atoms with Crippen molar-refractivity contribution in [3.8, 4) is 0 Å². The second-order valence-electron chi connectivity index (χ2n) is 4.17. The molecule has 16 heavy (non-hydrogen) atoms. The molecule has 2 rings (SSSR count). The van der Waals surface area contributed by atoms with Crippen molar-refractivity contribution < 1.29 is 4.79 Å². The number of piperazine rings is 1. The van der Waals surface area contributed by atoms with Crippen LogP contribution < -0.4 is 0 Å². The Hall–Kier alpha value is -0.940. The Morgan fingerprint density at radius 2 is 2.44 bits per heavy atom. The van der Waals surface area contributed by atoms with E-state index >= 15 is 0 Å². The normalized spacial score (nSPS) is 22.4. The summed E-state index contributed by atoms with van der Waals surface area (Å²) in [7, 11) is 2.12. The van der Waals surface area contributed by atoms with Gasteiger partial charge in [0, 0.05) is 31.1 Å². The Bertz CT molecular complexity index is 352. The van der Waals surface area contributed by atoms with Gasteiger partial charge in [-0.05, 0) is 13.5 Å². The Morgan fingerprint density at radius 1 is 1.62 bits per heavy atom. The van der Waals surface area contributed by atoms with E-state index in [2.05, 4.69) is 23.9 Å². The highest BCUT2D eigenvalue weighted by Crippen LogP contribution is 2.13. The van der Waals surface area contributed by atoms with Gasteiger partial charge in [0.25, 0.3) is 5.91 Å². The number of likely N-dealkylation sites (N-methyl/N-ethyl adjacent to an activating group) is 1. The largest absolute Gasteiger partial charge is 0.334 e. The topological polar surface area (TPSA) is 36.4 Å². The molecule has 1 unspecified atom stereocenters. The number of rotatable bonds is 2. The zero-order valence-electron chi connectivity index (χ0n) is 9.72. The van der Waals surface area contributed by atoms with Crippen molar-refractivity contribution in [2.45, 2.75) is 19.4 Å². The van der Waals surface area contributed by atoms with E-state index in [1.807, 2.05) is 10.3 Å². The second-order valence-corrected chi connectivity index (χ2v) is 4.89. The minimum Gasteiger partial charge on any atom is -0.334 e. The molecule has 0 N–H and O–H groups in total. The Balaban J connectivity index is 2.03. The summed E-state index contributed by atoms with van der Waals surface area (Å²) in [6, 6.07) is 0.483. The number of aromatic nitrogens is 1. The van der Waals surface area contributed by atoms with Crippen LogP contribution in [0.1, 0.15) is 23.8 Å². The Morgan fingerprint density at radius 3 is 3.06 bits per heavy atom. The molecule has 0 saturated carbocycles. The van der Waals surface area contributed by atoms with Crippen LogP contribution >= 0.6 is 11.3 Å². The molecule has 1 aliphatic rings. The summed E-state index contributed by atoms with van der Waals surface area (Å²) in [6.07, 6.45) is 1.08. The third kappa shape index (κ3) is 2.25. The number of carbonyl (C=O) groups is 1. The predicted octanol–water partition coefficient (Wildman–Crippen LogP) is 1.31. The predicted molar refractivity (Wildman–Crippen MR) is 64.7 cm³/mol. The van der Waals surface area contributed by atoms with Crippen LogP contribution in [0.15, 0.2) is 10.9 Å². The molecule has 0 spiro atoms. The van der Waals surface area contributed by atoms with Crippen molar-refractivity contribution in [2.75, 3.05) is 26.7 Å². The van der Waals surface area contributed by atoms with Gasteiger partial charge in [0.15, 0.2) is 0 Å². The van der Waals surface area contributed by atoms with Gasteiger partial charge in [-0.15, -0.1) is 11.3 Å². The lowest BCUT2D eigenvalue weighted by atomic mass is 10.1. The summed E-state index contributed by atoms with van der Waals surface area (Å²) in [5.74, 6) is 0.0767. The standard InChI is InChI=1S/C11H17N3OS/c1-3-9-6-14(5-4-13(9)2)11(15)10-7-16-8-12-10/h7-9H,3-6H2,1-2H3. The molecule has 5 heteroatoms. The highest BCUT2D eigenvalue weighted by molar-refractivity contribution is 7.07. The van der Waals surface area contributed by atoms with Gasteiger partial charge in [-0.3, -0.25) is 9.69 Å². The van der Waals surface area contributed by atoms with Crippen molar-refractivity contribution in [3.63, 3.8) is 0 Å². The van der Waals surface area contributed by atoms with Gasteiger partial charge in [0.05, 0.1) is 5.51 Å². The molecular weight excluding hydrogens is 222 g/mol. The maximum absolute atomic E-state index is 12.1. The third-order valence-corrected chi connectivity index (χ3v) is 3.77. The molecule has 1 aromatic rings. The first-order valence-electron chi connectivity index (χ1n) is 5.60. The fourth-order valence-corrected chi connectivity index (χ4v) is 2.58. The first-order valence-corrected chi connectivity index (χ1v) is 6.54. The molecule has 0 aliphatic carbocycles. The first-order chi connectivity index (χ1) is 7.72. The van der Waals surface area contributed by atoms with Gasteiger partial charge >= 0.3 is 0 Å². The summed E-state index contributed by atoms with van der Waals surface area (Å²) >= 11 is 1.47. The average molecular weight is 239 g/mol. The van der Waals surface area contributed by atoms with Crippen LogP contribution in [0.25, 0.3) is 0 Å². The molecule has 2 heterocycles. The van der Waals surface area contributed by atoms with Gasteiger partial charge in [0.2, 0.25) is 0 Å². The lowest BCUT2D eigenvalue weighted by Crippen LogP contribution is -2.53. The van der Waals surface area contributed by atoms with Crippen LogP contribution in [-0.2, 0) is 0 Å². The molecular formula is C11H17N3OS. The van der Waals surface area contributed by atoms with Gasteiger partial charge in [0.1, 0.15) is 5.69 Å². The molecule has 0 bridgehead atoms. The molecule has 1 aliphatic heterocycles. The van der Waals surface area contributed by atoms with E-state index in [9.17, 15) is 4.79 Å². The molecule has 1 fully saturated rings. The van der Waals surface area contributed by atoms with Crippen LogP contribution in [0.4, 0.5) is 0 Å². The van der Waals surface area contributed by atoms with E-state index in [1.165, 1.54) is 11.3 Å². The molecule has 1 amide bonds.